The first-order chi connectivity index (χ1) is 11.8. The normalized spacial score (nSPS) is 15.2. The number of benzene rings is 1. The van der Waals surface area contributed by atoms with Gasteiger partial charge in [0.15, 0.2) is 0 Å². The van der Waals surface area contributed by atoms with Gasteiger partial charge in [0.05, 0.1) is 18.7 Å². The van der Waals surface area contributed by atoms with Gasteiger partial charge in [-0.25, -0.2) is 0 Å². The molecular weight excluding hydrogens is 314 g/mol. The van der Waals surface area contributed by atoms with Crippen LogP contribution in [0.25, 0.3) is 11.3 Å². The van der Waals surface area contributed by atoms with Crippen LogP contribution in [0.3, 0.4) is 0 Å². The topological polar surface area (TPSA) is 58.4 Å². The Hall–Kier alpha value is -2.14. The number of rotatable bonds is 4. The number of hydrogen-bond acceptors (Lipinski definition) is 3. The van der Waals surface area contributed by atoms with Crippen LogP contribution in [-0.4, -0.2) is 39.3 Å². The number of carboxylic acids is 1. The largest absolute Gasteiger partial charge is 0.481 e. The predicted molar refractivity (Wildman–Crippen MR) is 98.7 cm³/mol. The zero-order chi connectivity index (χ0) is 18.2. The van der Waals surface area contributed by atoms with Gasteiger partial charge < -0.3 is 10.0 Å². The molecule has 1 aliphatic heterocycles. The predicted octanol–water partition coefficient (Wildman–Crippen LogP) is 3.31. The molecule has 0 saturated carbocycles. The molecule has 1 aromatic carbocycles. The standard InChI is InChI=1S/C20H27N3O2/c1-20(2,3)15-7-5-14(6-8-15)19-16-13-22(4)11-9-17(16)23(21-19)12-10-18(24)25/h5-8H,9-13H2,1-4H3,(H,24,25). The first-order valence-electron chi connectivity index (χ1n) is 8.85. The highest BCUT2D eigenvalue weighted by Crippen LogP contribution is 2.31. The highest BCUT2D eigenvalue weighted by atomic mass is 16.4. The second-order valence-electron chi connectivity index (χ2n) is 7.96. The van der Waals surface area contributed by atoms with E-state index in [9.17, 15) is 4.79 Å². The molecule has 2 heterocycles. The molecule has 0 unspecified atom stereocenters. The van der Waals surface area contributed by atoms with Crippen LogP contribution in [0, 0.1) is 0 Å². The summed E-state index contributed by atoms with van der Waals surface area (Å²) in [6.45, 7) is 8.90. The summed E-state index contributed by atoms with van der Waals surface area (Å²) in [7, 11) is 2.12. The van der Waals surface area contributed by atoms with Crippen LogP contribution >= 0.6 is 0 Å². The first-order valence-corrected chi connectivity index (χ1v) is 8.85. The van der Waals surface area contributed by atoms with E-state index in [1.807, 2.05) is 4.68 Å². The van der Waals surface area contributed by atoms with Gasteiger partial charge in [0, 0.05) is 36.3 Å². The Bertz CT molecular complexity index is 769. The Labute approximate surface area is 149 Å². The zero-order valence-corrected chi connectivity index (χ0v) is 15.5. The fourth-order valence-corrected chi connectivity index (χ4v) is 3.37. The maximum Gasteiger partial charge on any atom is 0.305 e. The molecule has 1 aromatic heterocycles. The second-order valence-corrected chi connectivity index (χ2v) is 7.96. The molecule has 0 aliphatic carbocycles. The van der Waals surface area contributed by atoms with Gasteiger partial charge in [-0.15, -0.1) is 0 Å². The molecule has 5 nitrogen and oxygen atoms in total. The third-order valence-electron chi connectivity index (χ3n) is 4.89. The van der Waals surface area contributed by atoms with Gasteiger partial charge in [0.2, 0.25) is 0 Å². The lowest BCUT2D eigenvalue weighted by atomic mass is 9.86. The van der Waals surface area contributed by atoms with Crippen molar-refractivity contribution in [1.82, 2.24) is 14.7 Å². The van der Waals surface area contributed by atoms with Gasteiger partial charge in [-0.1, -0.05) is 45.0 Å². The molecule has 0 fully saturated rings. The van der Waals surface area contributed by atoms with Crippen LogP contribution in [-0.2, 0) is 29.7 Å². The van der Waals surface area contributed by atoms with Crippen molar-refractivity contribution in [3.8, 4) is 11.3 Å². The Morgan fingerprint density at radius 3 is 2.52 bits per heavy atom. The van der Waals surface area contributed by atoms with Crippen molar-refractivity contribution < 1.29 is 9.90 Å². The van der Waals surface area contributed by atoms with Gasteiger partial charge in [-0.2, -0.15) is 5.10 Å². The van der Waals surface area contributed by atoms with Crippen molar-refractivity contribution >= 4 is 5.97 Å². The molecule has 0 radical (unpaired) electrons. The molecule has 2 aromatic rings. The van der Waals surface area contributed by atoms with Crippen LogP contribution in [0.5, 0.6) is 0 Å². The quantitative estimate of drug-likeness (QED) is 0.927. The number of aliphatic carboxylic acids is 1. The van der Waals surface area contributed by atoms with Crippen molar-refractivity contribution in [3.05, 3.63) is 41.1 Å². The molecular formula is C20H27N3O2. The van der Waals surface area contributed by atoms with E-state index >= 15 is 0 Å². The molecule has 25 heavy (non-hydrogen) atoms. The second kappa shape index (κ2) is 6.64. The Kier molecular flexibility index (Phi) is 4.69. The van der Waals surface area contributed by atoms with Crippen molar-refractivity contribution in [3.63, 3.8) is 0 Å². The van der Waals surface area contributed by atoms with Crippen molar-refractivity contribution in [2.45, 2.75) is 52.1 Å². The van der Waals surface area contributed by atoms with E-state index in [0.717, 1.165) is 30.8 Å². The van der Waals surface area contributed by atoms with Gasteiger partial charge >= 0.3 is 5.97 Å². The van der Waals surface area contributed by atoms with E-state index < -0.39 is 5.97 Å². The maximum absolute atomic E-state index is 11.0. The fourth-order valence-electron chi connectivity index (χ4n) is 3.37. The van der Waals surface area contributed by atoms with Crippen molar-refractivity contribution in [1.29, 1.82) is 0 Å². The summed E-state index contributed by atoms with van der Waals surface area (Å²) < 4.78 is 1.91. The van der Waals surface area contributed by atoms with Crippen LogP contribution in [0.4, 0.5) is 0 Å². The lowest BCUT2D eigenvalue weighted by Crippen LogP contribution is -2.27. The molecule has 1 N–H and O–H groups in total. The molecule has 0 amide bonds. The third kappa shape index (κ3) is 3.76. The van der Waals surface area contributed by atoms with Crippen LogP contribution in [0.1, 0.15) is 44.0 Å². The molecule has 5 heteroatoms. The highest BCUT2D eigenvalue weighted by molar-refractivity contribution is 5.67. The van der Waals surface area contributed by atoms with Crippen molar-refractivity contribution in [2.24, 2.45) is 0 Å². The Balaban J connectivity index is 1.99. The summed E-state index contributed by atoms with van der Waals surface area (Å²) >= 11 is 0. The molecule has 0 spiro atoms. The molecule has 1 aliphatic rings. The average Bonchev–Trinajstić information content (AvgIpc) is 2.90. The maximum atomic E-state index is 11.0. The smallest absolute Gasteiger partial charge is 0.305 e. The summed E-state index contributed by atoms with van der Waals surface area (Å²) in [5.41, 5.74) is 5.95. The number of likely N-dealkylation sites (N-methyl/N-ethyl adjacent to an activating group) is 1. The number of aromatic nitrogens is 2. The number of hydrogen-bond donors (Lipinski definition) is 1. The van der Waals surface area contributed by atoms with Gasteiger partial charge in [-0.3, -0.25) is 9.48 Å². The fraction of sp³-hybridized carbons (Fsp3) is 0.500. The zero-order valence-electron chi connectivity index (χ0n) is 15.5. The molecule has 0 saturated heterocycles. The number of nitrogens with zero attached hydrogens (tertiary/aromatic N) is 3. The summed E-state index contributed by atoms with van der Waals surface area (Å²) in [5.74, 6) is -0.784. The van der Waals surface area contributed by atoms with Gasteiger partial charge in [0.25, 0.3) is 0 Å². The summed E-state index contributed by atoms with van der Waals surface area (Å²) in [5, 5.41) is 13.8. The monoisotopic (exact) mass is 341 g/mol. The molecule has 3 rings (SSSR count). The SMILES string of the molecule is CN1CCc2c(c(-c3ccc(C(C)(C)C)cc3)nn2CCC(=O)O)C1. The minimum absolute atomic E-state index is 0.104. The molecule has 0 atom stereocenters. The highest BCUT2D eigenvalue weighted by Gasteiger charge is 2.24. The minimum atomic E-state index is -0.784. The minimum Gasteiger partial charge on any atom is -0.481 e. The summed E-state index contributed by atoms with van der Waals surface area (Å²) in [4.78, 5) is 13.2. The van der Waals surface area contributed by atoms with E-state index in [1.54, 1.807) is 0 Å². The van der Waals surface area contributed by atoms with E-state index in [1.165, 1.54) is 16.8 Å². The number of carboxylic acid groups (broad SMARTS) is 1. The van der Waals surface area contributed by atoms with E-state index in [4.69, 9.17) is 10.2 Å². The van der Waals surface area contributed by atoms with E-state index in [0.29, 0.717) is 6.54 Å². The summed E-state index contributed by atoms with van der Waals surface area (Å²) in [6, 6.07) is 8.62. The average molecular weight is 341 g/mol. The third-order valence-corrected chi connectivity index (χ3v) is 4.89. The lowest BCUT2D eigenvalue weighted by molar-refractivity contribution is -0.137. The van der Waals surface area contributed by atoms with Crippen LogP contribution in [0.2, 0.25) is 0 Å². The van der Waals surface area contributed by atoms with Crippen LogP contribution < -0.4 is 0 Å². The van der Waals surface area contributed by atoms with Gasteiger partial charge in [0.1, 0.15) is 0 Å². The van der Waals surface area contributed by atoms with E-state index in [-0.39, 0.29) is 11.8 Å². The number of carbonyl (C=O) groups is 1. The lowest BCUT2D eigenvalue weighted by Gasteiger charge is -2.23. The molecule has 134 valence electrons. The number of fused-ring (bicyclic) bond motifs is 1. The van der Waals surface area contributed by atoms with Crippen LogP contribution in [0.15, 0.2) is 24.3 Å². The van der Waals surface area contributed by atoms with Gasteiger partial charge in [-0.05, 0) is 18.0 Å². The molecule has 0 bridgehead atoms. The van der Waals surface area contributed by atoms with Crippen molar-refractivity contribution in [2.75, 3.05) is 13.6 Å². The first kappa shape index (κ1) is 17.7. The Morgan fingerprint density at radius 2 is 1.92 bits per heavy atom. The Morgan fingerprint density at radius 1 is 1.24 bits per heavy atom. The number of aryl methyl sites for hydroxylation is 1. The van der Waals surface area contributed by atoms with E-state index in [2.05, 4.69) is 57.0 Å². The summed E-state index contributed by atoms with van der Waals surface area (Å²) in [6.07, 6.45) is 1.02.